The summed E-state index contributed by atoms with van der Waals surface area (Å²) < 4.78 is 23.1. The van der Waals surface area contributed by atoms with Crippen molar-refractivity contribution >= 4 is 25.6 Å². The summed E-state index contributed by atoms with van der Waals surface area (Å²) in [6, 6.07) is 10.8. The largest absolute Gasteiger partial charge is 0.348 e. The SMILES string of the molecule is O=S(=O)(Cl)c1cccc2c1CN(c1ccccn1)C2. The molecule has 98 valence electrons. The van der Waals surface area contributed by atoms with E-state index in [1.807, 2.05) is 29.2 Å². The molecule has 1 aliphatic heterocycles. The molecule has 0 N–H and O–H groups in total. The molecule has 0 aliphatic carbocycles. The molecule has 0 bridgehead atoms. The maximum atomic E-state index is 11.6. The van der Waals surface area contributed by atoms with Crippen LogP contribution in [0.25, 0.3) is 0 Å². The third-order valence-electron chi connectivity index (χ3n) is 3.18. The Bertz CT molecular complexity index is 717. The van der Waals surface area contributed by atoms with E-state index in [0.717, 1.165) is 16.9 Å². The van der Waals surface area contributed by atoms with E-state index in [9.17, 15) is 8.42 Å². The first-order chi connectivity index (χ1) is 9.05. The number of benzene rings is 1. The van der Waals surface area contributed by atoms with Crippen molar-refractivity contribution in [2.45, 2.75) is 18.0 Å². The molecule has 1 aliphatic rings. The summed E-state index contributed by atoms with van der Waals surface area (Å²) in [5.41, 5.74) is 1.75. The van der Waals surface area contributed by atoms with Gasteiger partial charge >= 0.3 is 0 Å². The molecule has 0 saturated heterocycles. The van der Waals surface area contributed by atoms with Gasteiger partial charge in [0.05, 0.1) is 4.90 Å². The van der Waals surface area contributed by atoms with Crippen molar-refractivity contribution in [3.63, 3.8) is 0 Å². The molecule has 1 aromatic heterocycles. The minimum Gasteiger partial charge on any atom is -0.348 e. The summed E-state index contributed by atoms with van der Waals surface area (Å²) in [6.45, 7) is 1.15. The molecule has 19 heavy (non-hydrogen) atoms. The molecule has 0 saturated carbocycles. The first-order valence-corrected chi connectivity index (χ1v) is 8.08. The van der Waals surface area contributed by atoms with Crippen LogP contribution >= 0.6 is 10.7 Å². The van der Waals surface area contributed by atoms with Gasteiger partial charge in [-0.1, -0.05) is 18.2 Å². The van der Waals surface area contributed by atoms with E-state index in [1.165, 1.54) is 0 Å². The average Bonchev–Trinajstić information content (AvgIpc) is 2.82. The third kappa shape index (κ3) is 2.31. The lowest BCUT2D eigenvalue weighted by molar-refractivity contribution is 0.608. The summed E-state index contributed by atoms with van der Waals surface area (Å²) in [7, 11) is 1.77. The summed E-state index contributed by atoms with van der Waals surface area (Å²) in [5, 5.41) is 0. The van der Waals surface area contributed by atoms with Crippen molar-refractivity contribution in [3.8, 4) is 0 Å². The summed E-state index contributed by atoms with van der Waals surface area (Å²) in [4.78, 5) is 6.50. The van der Waals surface area contributed by atoms with Crippen LogP contribution < -0.4 is 4.90 Å². The molecule has 6 heteroatoms. The fourth-order valence-corrected chi connectivity index (χ4v) is 3.49. The Morgan fingerprint density at radius 1 is 1.11 bits per heavy atom. The van der Waals surface area contributed by atoms with Crippen LogP contribution in [0.2, 0.25) is 0 Å². The zero-order valence-electron chi connectivity index (χ0n) is 9.95. The van der Waals surface area contributed by atoms with Crippen molar-refractivity contribution in [3.05, 3.63) is 53.7 Å². The molecule has 0 atom stereocenters. The Labute approximate surface area is 116 Å². The number of anilines is 1. The topological polar surface area (TPSA) is 50.3 Å². The first-order valence-electron chi connectivity index (χ1n) is 5.77. The van der Waals surface area contributed by atoms with E-state index in [1.54, 1.807) is 18.3 Å². The highest BCUT2D eigenvalue weighted by molar-refractivity contribution is 8.13. The van der Waals surface area contributed by atoms with Crippen LogP contribution in [0.1, 0.15) is 11.1 Å². The lowest BCUT2D eigenvalue weighted by Crippen LogP contribution is -2.15. The molecular weight excluding hydrogens is 284 g/mol. The van der Waals surface area contributed by atoms with Gasteiger partial charge in [0.25, 0.3) is 9.05 Å². The quantitative estimate of drug-likeness (QED) is 0.799. The minimum absolute atomic E-state index is 0.199. The molecule has 2 aromatic rings. The van der Waals surface area contributed by atoms with Crippen molar-refractivity contribution in [2.24, 2.45) is 0 Å². The third-order valence-corrected chi connectivity index (χ3v) is 4.58. The number of fused-ring (bicyclic) bond motifs is 1. The number of nitrogens with zero attached hydrogens (tertiary/aromatic N) is 2. The predicted molar refractivity (Wildman–Crippen MR) is 73.6 cm³/mol. The normalized spacial score (nSPS) is 14.5. The van der Waals surface area contributed by atoms with Gasteiger partial charge in [0.15, 0.2) is 0 Å². The standard InChI is InChI=1S/C13H11ClN2O2S/c14-19(17,18)12-5-3-4-10-8-16(9-11(10)12)13-6-1-2-7-15-13/h1-7H,8-9H2. The second-order valence-electron chi connectivity index (χ2n) is 4.38. The smallest absolute Gasteiger partial charge is 0.261 e. The van der Waals surface area contributed by atoms with Gasteiger partial charge in [0.1, 0.15) is 5.82 Å². The number of rotatable bonds is 2. The Kier molecular flexibility index (Phi) is 2.95. The summed E-state index contributed by atoms with van der Waals surface area (Å²) in [6.07, 6.45) is 1.72. The Hall–Kier alpha value is -1.59. The second-order valence-corrected chi connectivity index (χ2v) is 6.91. The zero-order valence-corrected chi connectivity index (χ0v) is 11.5. The molecule has 0 amide bonds. The molecule has 0 radical (unpaired) electrons. The average molecular weight is 295 g/mol. The van der Waals surface area contributed by atoms with Gasteiger partial charge in [-0.3, -0.25) is 0 Å². The van der Waals surface area contributed by atoms with E-state index in [-0.39, 0.29) is 4.90 Å². The molecule has 0 unspecified atom stereocenters. The Balaban J connectivity index is 2.02. The number of pyridine rings is 1. The molecule has 1 aromatic carbocycles. The van der Waals surface area contributed by atoms with Crippen LogP contribution in [-0.4, -0.2) is 13.4 Å². The van der Waals surface area contributed by atoms with E-state index in [2.05, 4.69) is 4.98 Å². The van der Waals surface area contributed by atoms with Crippen LogP contribution in [0, 0.1) is 0 Å². The molecule has 0 spiro atoms. The van der Waals surface area contributed by atoms with Gasteiger partial charge in [-0.15, -0.1) is 0 Å². The number of halogens is 1. The predicted octanol–water partition coefficient (Wildman–Crippen LogP) is 2.53. The van der Waals surface area contributed by atoms with E-state index in [4.69, 9.17) is 10.7 Å². The van der Waals surface area contributed by atoms with Gasteiger partial charge in [-0.25, -0.2) is 13.4 Å². The van der Waals surface area contributed by atoms with Crippen molar-refractivity contribution in [1.29, 1.82) is 0 Å². The highest BCUT2D eigenvalue weighted by Gasteiger charge is 2.26. The van der Waals surface area contributed by atoms with E-state index < -0.39 is 9.05 Å². The van der Waals surface area contributed by atoms with Crippen LogP contribution in [0.3, 0.4) is 0 Å². The van der Waals surface area contributed by atoms with E-state index in [0.29, 0.717) is 13.1 Å². The molecule has 4 nitrogen and oxygen atoms in total. The van der Waals surface area contributed by atoms with Crippen LogP contribution in [-0.2, 0) is 22.1 Å². The first kappa shape index (κ1) is 12.4. The summed E-state index contributed by atoms with van der Waals surface area (Å²) >= 11 is 0. The number of hydrogen-bond donors (Lipinski definition) is 0. The lowest BCUT2D eigenvalue weighted by atomic mass is 10.1. The fraction of sp³-hybridized carbons (Fsp3) is 0.154. The van der Waals surface area contributed by atoms with Crippen molar-refractivity contribution in [1.82, 2.24) is 4.98 Å². The van der Waals surface area contributed by atoms with Crippen LogP contribution in [0.5, 0.6) is 0 Å². The molecule has 2 heterocycles. The number of aromatic nitrogens is 1. The lowest BCUT2D eigenvalue weighted by Gasteiger charge is -2.15. The van der Waals surface area contributed by atoms with Gasteiger partial charge in [-0.2, -0.15) is 0 Å². The van der Waals surface area contributed by atoms with Gasteiger partial charge < -0.3 is 4.90 Å². The second kappa shape index (κ2) is 4.51. The summed E-state index contributed by atoms with van der Waals surface area (Å²) in [5.74, 6) is 0.830. The highest BCUT2D eigenvalue weighted by Crippen LogP contribution is 2.32. The number of hydrogen-bond acceptors (Lipinski definition) is 4. The fourth-order valence-electron chi connectivity index (χ4n) is 2.32. The minimum atomic E-state index is -3.71. The molecule has 3 rings (SSSR count). The zero-order chi connectivity index (χ0) is 13.5. The van der Waals surface area contributed by atoms with Crippen molar-refractivity contribution in [2.75, 3.05) is 4.90 Å². The highest BCUT2D eigenvalue weighted by atomic mass is 35.7. The van der Waals surface area contributed by atoms with Gasteiger partial charge in [0, 0.05) is 30.0 Å². The van der Waals surface area contributed by atoms with Crippen LogP contribution in [0.4, 0.5) is 5.82 Å². The molecule has 0 fully saturated rings. The van der Waals surface area contributed by atoms with Crippen molar-refractivity contribution < 1.29 is 8.42 Å². The van der Waals surface area contributed by atoms with E-state index >= 15 is 0 Å². The molecular formula is C13H11ClN2O2S. The van der Waals surface area contributed by atoms with Gasteiger partial charge in [-0.05, 0) is 29.3 Å². The van der Waals surface area contributed by atoms with Gasteiger partial charge in [0.2, 0.25) is 0 Å². The van der Waals surface area contributed by atoms with Crippen LogP contribution in [0.15, 0.2) is 47.5 Å². The Morgan fingerprint density at radius 2 is 1.95 bits per heavy atom. The maximum absolute atomic E-state index is 11.6. The maximum Gasteiger partial charge on any atom is 0.261 e. The monoisotopic (exact) mass is 294 g/mol. The Morgan fingerprint density at radius 3 is 2.63 bits per heavy atom.